The Hall–Kier alpha value is -2.71. The van der Waals surface area contributed by atoms with E-state index < -0.39 is 18.3 Å². The summed E-state index contributed by atoms with van der Waals surface area (Å²) in [5.41, 5.74) is 1.60. The summed E-state index contributed by atoms with van der Waals surface area (Å²) < 4.78 is 40.8. The van der Waals surface area contributed by atoms with E-state index in [1.54, 1.807) is 21.3 Å². The number of rotatable bonds is 15. The van der Waals surface area contributed by atoms with Gasteiger partial charge in [0.1, 0.15) is 5.75 Å². The Morgan fingerprint density at radius 1 is 1.12 bits per heavy atom. The van der Waals surface area contributed by atoms with Gasteiger partial charge in [0.25, 0.3) is 0 Å². The van der Waals surface area contributed by atoms with Crippen molar-refractivity contribution in [2.24, 2.45) is 7.05 Å². The van der Waals surface area contributed by atoms with Crippen molar-refractivity contribution in [3.63, 3.8) is 0 Å². The van der Waals surface area contributed by atoms with E-state index in [1.165, 1.54) is 11.9 Å². The number of nitrogens with zero attached hydrogens (tertiary/aromatic N) is 3. The smallest absolute Gasteiger partial charge is 0.465 e. The number of aromatic nitrogens is 3. The van der Waals surface area contributed by atoms with Gasteiger partial charge in [0.15, 0.2) is 17.2 Å². The molecule has 3 aromatic rings. The largest absolute Gasteiger partial charge is 0.495 e. The molecule has 1 saturated heterocycles. The number of hydrogen-bond acceptors (Lipinski definition) is 11. The Morgan fingerprint density at radius 3 is 2.37 bits per heavy atom. The van der Waals surface area contributed by atoms with Gasteiger partial charge in [0.2, 0.25) is 0 Å². The van der Waals surface area contributed by atoms with E-state index in [2.05, 4.69) is 40.7 Å². The molecule has 3 unspecified atom stereocenters. The molecule has 13 heteroatoms. The lowest BCUT2D eigenvalue weighted by atomic mass is 9.69. The van der Waals surface area contributed by atoms with E-state index in [1.807, 2.05) is 63.7 Å². The van der Waals surface area contributed by atoms with Crippen LogP contribution in [0.1, 0.15) is 59.6 Å². The Kier molecular flexibility index (Phi) is 10.4. The van der Waals surface area contributed by atoms with Crippen LogP contribution in [0.25, 0.3) is 11.0 Å². The number of allylic oxidation sites excluding steroid dienone is 1. The number of aryl methyl sites for hydroxylation is 1. The summed E-state index contributed by atoms with van der Waals surface area (Å²) in [6, 6.07) is 5.79. The van der Waals surface area contributed by atoms with Crippen molar-refractivity contribution in [2.75, 3.05) is 38.0 Å². The van der Waals surface area contributed by atoms with Gasteiger partial charge in [-0.2, -0.15) is 5.10 Å². The third kappa shape index (κ3) is 7.17. The Balaban J connectivity index is 1.49. The molecule has 1 aliphatic heterocycles. The fourth-order valence-electron chi connectivity index (χ4n) is 5.09. The molecule has 3 heterocycles. The van der Waals surface area contributed by atoms with Crippen molar-refractivity contribution in [3.05, 3.63) is 36.5 Å². The first kappa shape index (κ1) is 33.2. The Bertz CT molecular complexity index is 1380. The van der Waals surface area contributed by atoms with Crippen molar-refractivity contribution >= 4 is 47.4 Å². The summed E-state index contributed by atoms with van der Waals surface area (Å²) in [6.45, 7) is 17.0. The molecule has 1 fully saturated rings. The number of fused-ring (bicyclic) bond motifs is 1. The summed E-state index contributed by atoms with van der Waals surface area (Å²) in [4.78, 5) is 0. The standard InChI is InChI=1S/C30H46BN5O6S/c1-12-19(31-41-29(4,5)30(6,7)42-31)13-25(39-11)26(17-37-9)43-35-28-20-14-24(38-10)21(15-23(20)40-34-28)32-27-16-22(18(2)3)36(8)33-27/h12,14-16,18-19,25-26H,1,13,17H2,2-11H3,(H,32,33)(H,34,35). The van der Waals surface area contributed by atoms with Crippen molar-refractivity contribution in [1.82, 2.24) is 14.9 Å². The Morgan fingerprint density at radius 2 is 1.81 bits per heavy atom. The highest BCUT2D eigenvalue weighted by atomic mass is 32.2. The van der Waals surface area contributed by atoms with Crippen molar-refractivity contribution in [3.8, 4) is 5.75 Å². The molecule has 3 atom stereocenters. The van der Waals surface area contributed by atoms with Gasteiger partial charge in [0, 0.05) is 44.9 Å². The van der Waals surface area contributed by atoms with Gasteiger partial charge < -0.3 is 38.1 Å². The first-order valence-corrected chi connectivity index (χ1v) is 15.4. The molecule has 4 rings (SSSR count). The molecule has 0 bridgehead atoms. The second kappa shape index (κ2) is 13.5. The monoisotopic (exact) mass is 615 g/mol. The predicted octanol–water partition coefficient (Wildman–Crippen LogP) is 6.57. The van der Waals surface area contributed by atoms with Crippen LogP contribution in [0.5, 0.6) is 5.75 Å². The zero-order valence-electron chi connectivity index (χ0n) is 27.0. The van der Waals surface area contributed by atoms with E-state index in [4.69, 9.17) is 28.0 Å². The maximum atomic E-state index is 6.31. The fraction of sp³-hybridized carbons (Fsp3) is 0.600. The summed E-state index contributed by atoms with van der Waals surface area (Å²) in [5.74, 6) is 2.21. The van der Waals surface area contributed by atoms with Gasteiger partial charge in [-0.05, 0) is 58.0 Å². The molecule has 0 saturated carbocycles. The second-order valence-corrected chi connectivity index (χ2v) is 13.2. The maximum absolute atomic E-state index is 6.31. The average Bonchev–Trinajstić information content (AvgIpc) is 3.58. The molecule has 0 spiro atoms. The van der Waals surface area contributed by atoms with Gasteiger partial charge in [-0.3, -0.25) is 4.68 Å². The quantitative estimate of drug-likeness (QED) is 0.110. The summed E-state index contributed by atoms with van der Waals surface area (Å²) in [5, 5.41) is 12.9. The van der Waals surface area contributed by atoms with Crippen molar-refractivity contribution < 1.29 is 28.0 Å². The molecule has 0 amide bonds. The van der Waals surface area contributed by atoms with Crippen LogP contribution in [0.15, 0.2) is 35.4 Å². The minimum Gasteiger partial charge on any atom is -0.495 e. The highest BCUT2D eigenvalue weighted by Gasteiger charge is 2.53. The highest BCUT2D eigenvalue weighted by Crippen LogP contribution is 2.42. The third-order valence-electron chi connectivity index (χ3n) is 8.35. The number of methoxy groups -OCH3 is 3. The molecule has 0 aliphatic carbocycles. The normalized spacial score (nSPS) is 18.2. The third-order valence-corrected chi connectivity index (χ3v) is 9.40. The number of benzene rings is 1. The molecule has 0 radical (unpaired) electrons. The minimum atomic E-state index is -0.428. The topological polar surface area (TPSA) is 114 Å². The molecule has 1 aliphatic rings. The fourth-order valence-corrected chi connectivity index (χ4v) is 6.08. The van der Waals surface area contributed by atoms with E-state index in [0.29, 0.717) is 36.1 Å². The van der Waals surface area contributed by atoms with E-state index >= 15 is 0 Å². The van der Waals surface area contributed by atoms with Crippen LogP contribution in [-0.2, 0) is 25.8 Å². The molecular formula is C30H46BN5O6S. The lowest BCUT2D eigenvalue weighted by molar-refractivity contribution is 0.00578. The zero-order valence-corrected chi connectivity index (χ0v) is 27.8. The summed E-state index contributed by atoms with van der Waals surface area (Å²) >= 11 is 1.47. The molecule has 2 N–H and O–H groups in total. The van der Waals surface area contributed by atoms with Crippen LogP contribution < -0.4 is 14.8 Å². The number of ether oxygens (including phenoxy) is 3. The zero-order chi connectivity index (χ0) is 31.5. The first-order chi connectivity index (χ1) is 20.3. The van der Waals surface area contributed by atoms with Crippen LogP contribution in [0.3, 0.4) is 0 Å². The molecule has 2 aromatic heterocycles. The summed E-state index contributed by atoms with van der Waals surface area (Å²) in [6.07, 6.45) is 2.32. The molecule has 1 aromatic carbocycles. The average molecular weight is 616 g/mol. The number of hydrogen-bond donors (Lipinski definition) is 2. The van der Waals surface area contributed by atoms with Gasteiger partial charge in [-0.15, -0.1) is 6.58 Å². The number of anilines is 3. The van der Waals surface area contributed by atoms with Crippen LogP contribution >= 0.6 is 11.9 Å². The molecule has 11 nitrogen and oxygen atoms in total. The molecule has 43 heavy (non-hydrogen) atoms. The van der Waals surface area contributed by atoms with Gasteiger partial charge in [0.05, 0.1) is 47.3 Å². The van der Waals surface area contributed by atoms with Crippen LogP contribution in [0.4, 0.5) is 17.3 Å². The van der Waals surface area contributed by atoms with Gasteiger partial charge in [-0.25, -0.2) is 0 Å². The predicted molar refractivity (Wildman–Crippen MR) is 173 cm³/mol. The summed E-state index contributed by atoms with van der Waals surface area (Å²) in [7, 11) is 6.53. The first-order valence-electron chi connectivity index (χ1n) is 14.5. The lowest BCUT2D eigenvalue weighted by Gasteiger charge is -2.32. The van der Waals surface area contributed by atoms with Crippen molar-refractivity contribution in [1.29, 1.82) is 0 Å². The Labute approximate surface area is 259 Å². The van der Waals surface area contributed by atoms with Crippen LogP contribution in [-0.4, -0.2) is 72.5 Å². The van der Waals surface area contributed by atoms with Crippen LogP contribution in [0.2, 0.25) is 5.82 Å². The van der Waals surface area contributed by atoms with Gasteiger partial charge in [-0.1, -0.05) is 25.1 Å². The SMILES string of the molecule is C=CC(CC(OC)C(COC)SNc1noc2cc(Nc3cc(C(C)C)n(C)n3)c(OC)cc12)B1OC(C)(C)C(C)(C)O1. The van der Waals surface area contributed by atoms with Crippen molar-refractivity contribution in [2.45, 2.75) is 82.3 Å². The lowest BCUT2D eigenvalue weighted by Crippen LogP contribution is -2.41. The van der Waals surface area contributed by atoms with E-state index in [9.17, 15) is 0 Å². The highest BCUT2D eigenvalue weighted by molar-refractivity contribution is 8.01. The van der Waals surface area contributed by atoms with Crippen LogP contribution in [0, 0.1) is 0 Å². The van der Waals surface area contributed by atoms with Gasteiger partial charge >= 0.3 is 7.12 Å². The second-order valence-electron chi connectivity index (χ2n) is 12.2. The molecule has 236 valence electrons. The van der Waals surface area contributed by atoms with E-state index in [-0.39, 0.29) is 17.2 Å². The number of nitrogens with one attached hydrogen (secondary N) is 2. The maximum Gasteiger partial charge on any atom is 0.465 e. The minimum absolute atomic E-state index is 0.0789. The van der Waals surface area contributed by atoms with E-state index in [0.717, 1.165) is 22.6 Å². The molecular weight excluding hydrogens is 569 g/mol.